The Morgan fingerprint density at radius 2 is 2.11 bits per heavy atom. The van der Waals surface area contributed by atoms with Gasteiger partial charge >= 0.3 is 0 Å². The van der Waals surface area contributed by atoms with Gasteiger partial charge in [-0.2, -0.15) is 0 Å². The zero-order valence-corrected chi connectivity index (χ0v) is 17.5. The largest absolute Gasteiger partial charge is 0.354 e. The third-order valence-corrected chi connectivity index (χ3v) is 5.57. The summed E-state index contributed by atoms with van der Waals surface area (Å²) in [5.74, 6) is 1.93. The van der Waals surface area contributed by atoms with E-state index >= 15 is 0 Å². The number of guanidine groups is 1. The van der Waals surface area contributed by atoms with Crippen LogP contribution in [0.3, 0.4) is 0 Å². The van der Waals surface area contributed by atoms with Crippen molar-refractivity contribution in [3.05, 3.63) is 40.0 Å². The molecule has 1 fully saturated rings. The molecule has 146 valence electrons. The smallest absolute Gasteiger partial charge is 0.194 e. The maximum Gasteiger partial charge on any atom is 0.194 e. The van der Waals surface area contributed by atoms with Crippen LogP contribution < -0.4 is 10.2 Å². The van der Waals surface area contributed by atoms with Gasteiger partial charge in [-0.05, 0) is 20.0 Å². The molecule has 0 unspecified atom stereocenters. The summed E-state index contributed by atoms with van der Waals surface area (Å²) in [6, 6.07) is 4.14. The molecule has 0 spiro atoms. The van der Waals surface area contributed by atoms with Crippen molar-refractivity contribution >= 4 is 23.1 Å². The highest BCUT2D eigenvalue weighted by Crippen LogP contribution is 2.18. The molecule has 7 nitrogen and oxygen atoms in total. The molecule has 0 saturated carbocycles. The van der Waals surface area contributed by atoms with E-state index in [2.05, 4.69) is 53.5 Å². The molecule has 3 heterocycles. The van der Waals surface area contributed by atoms with Gasteiger partial charge in [0.25, 0.3) is 0 Å². The van der Waals surface area contributed by atoms with E-state index in [1.54, 1.807) is 11.3 Å². The predicted molar refractivity (Wildman–Crippen MR) is 112 cm³/mol. The van der Waals surface area contributed by atoms with E-state index in [1.165, 1.54) is 5.56 Å². The van der Waals surface area contributed by atoms with Gasteiger partial charge in [-0.1, -0.05) is 6.07 Å². The second-order valence-electron chi connectivity index (χ2n) is 6.89. The Morgan fingerprint density at radius 1 is 1.33 bits per heavy atom. The van der Waals surface area contributed by atoms with E-state index in [-0.39, 0.29) is 0 Å². The molecular weight excluding hydrogens is 358 g/mol. The molecule has 0 amide bonds. The summed E-state index contributed by atoms with van der Waals surface area (Å²) in [7, 11) is 6.02. The number of aryl methyl sites for hydroxylation is 1. The van der Waals surface area contributed by atoms with Crippen LogP contribution in [0.2, 0.25) is 0 Å². The molecule has 0 radical (unpaired) electrons. The molecule has 0 aromatic carbocycles. The second kappa shape index (κ2) is 9.14. The third-order valence-electron chi connectivity index (χ3n) is 4.75. The molecule has 0 bridgehead atoms. The van der Waals surface area contributed by atoms with Crippen LogP contribution in [0.5, 0.6) is 0 Å². The van der Waals surface area contributed by atoms with Gasteiger partial charge < -0.3 is 20.0 Å². The van der Waals surface area contributed by atoms with Crippen LogP contribution >= 0.6 is 11.3 Å². The maximum atomic E-state index is 4.65. The lowest BCUT2D eigenvalue weighted by molar-refractivity contribution is 0.311. The van der Waals surface area contributed by atoms with Gasteiger partial charge in [0.1, 0.15) is 5.82 Å². The summed E-state index contributed by atoms with van der Waals surface area (Å²) in [5.41, 5.74) is 2.27. The van der Waals surface area contributed by atoms with Crippen LogP contribution in [0.25, 0.3) is 0 Å². The monoisotopic (exact) mass is 387 g/mol. The molecule has 1 saturated heterocycles. The summed E-state index contributed by atoms with van der Waals surface area (Å²) >= 11 is 1.68. The Kier molecular flexibility index (Phi) is 6.63. The highest BCUT2D eigenvalue weighted by Gasteiger charge is 2.18. The van der Waals surface area contributed by atoms with Crippen molar-refractivity contribution in [3.63, 3.8) is 0 Å². The lowest BCUT2D eigenvalue weighted by Gasteiger charge is -2.34. The summed E-state index contributed by atoms with van der Waals surface area (Å²) in [4.78, 5) is 20.4. The maximum absolute atomic E-state index is 4.65. The highest BCUT2D eigenvalue weighted by molar-refractivity contribution is 7.09. The average Bonchev–Trinajstić information content (AvgIpc) is 3.08. The molecule has 1 aliphatic heterocycles. The fraction of sp³-hybridized carbons (Fsp3) is 0.526. The first kappa shape index (κ1) is 19.6. The van der Waals surface area contributed by atoms with E-state index in [9.17, 15) is 0 Å². The number of piperazine rings is 1. The van der Waals surface area contributed by atoms with Gasteiger partial charge in [0.2, 0.25) is 0 Å². The lowest BCUT2D eigenvalue weighted by Crippen LogP contribution is -2.45. The van der Waals surface area contributed by atoms with Crippen LogP contribution in [0.1, 0.15) is 16.3 Å². The molecule has 27 heavy (non-hydrogen) atoms. The number of pyridine rings is 1. The first-order chi connectivity index (χ1) is 13.1. The minimum Gasteiger partial charge on any atom is -0.354 e. The van der Waals surface area contributed by atoms with Crippen LogP contribution in [0.4, 0.5) is 5.82 Å². The molecule has 8 heteroatoms. The van der Waals surface area contributed by atoms with Crippen LogP contribution in [0, 0.1) is 6.92 Å². The number of hydrogen-bond acceptors (Lipinski definition) is 6. The standard InChI is InChI=1S/C19H29N7S/c1-15-23-17(14-27-15)13-25(4)19(20-2)22-12-16-6-5-7-21-18(16)26-10-8-24(3)9-11-26/h5-7,14H,8-13H2,1-4H3,(H,20,22). The minimum atomic E-state index is 0.697. The molecule has 0 atom stereocenters. The Bertz CT molecular complexity index is 765. The second-order valence-corrected chi connectivity index (χ2v) is 7.95. The number of hydrogen-bond donors (Lipinski definition) is 1. The topological polar surface area (TPSA) is 59.9 Å². The summed E-state index contributed by atoms with van der Waals surface area (Å²) in [5, 5.41) is 6.67. The first-order valence-corrected chi connectivity index (χ1v) is 10.1. The molecule has 0 aliphatic carbocycles. The molecule has 1 N–H and O–H groups in total. The number of rotatable bonds is 5. The zero-order chi connectivity index (χ0) is 19.2. The van der Waals surface area contributed by atoms with Gasteiger partial charge in [-0.25, -0.2) is 9.97 Å². The molecule has 2 aromatic heterocycles. The van der Waals surface area contributed by atoms with Crippen molar-refractivity contribution in [1.82, 2.24) is 25.1 Å². The molecule has 1 aliphatic rings. The lowest BCUT2D eigenvalue weighted by atomic mass is 10.2. The van der Waals surface area contributed by atoms with Crippen molar-refractivity contribution in [2.24, 2.45) is 4.99 Å². The number of aromatic nitrogens is 2. The Balaban J connectivity index is 1.63. The van der Waals surface area contributed by atoms with Gasteiger partial charge in [-0.3, -0.25) is 4.99 Å². The normalized spacial score (nSPS) is 15.9. The Morgan fingerprint density at radius 3 is 2.78 bits per heavy atom. The number of anilines is 1. The van der Waals surface area contributed by atoms with E-state index in [1.807, 2.05) is 33.3 Å². The third kappa shape index (κ3) is 5.17. The highest BCUT2D eigenvalue weighted by atomic mass is 32.1. The van der Waals surface area contributed by atoms with E-state index in [0.717, 1.165) is 55.2 Å². The number of likely N-dealkylation sites (N-methyl/N-ethyl adjacent to an activating group) is 1. The SMILES string of the molecule is CN=C(NCc1cccnc1N1CCN(C)CC1)N(C)Cc1csc(C)n1. The predicted octanol–water partition coefficient (Wildman–Crippen LogP) is 1.81. The Labute approximate surface area is 165 Å². The van der Waals surface area contributed by atoms with Gasteiger partial charge in [-0.15, -0.1) is 11.3 Å². The van der Waals surface area contributed by atoms with E-state index < -0.39 is 0 Å². The fourth-order valence-corrected chi connectivity index (χ4v) is 3.83. The van der Waals surface area contributed by atoms with Crippen molar-refractivity contribution in [2.75, 3.05) is 52.2 Å². The molecule has 2 aromatic rings. The number of nitrogens with one attached hydrogen (secondary N) is 1. The quantitative estimate of drug-likeness (QED) is 0.624. The van der Waals surface area contributed by atoms with E-state index in [4.69, 9.17) is 0 Å². The van der Waals surface area contributed by atoms with Gasteiger partial charge in [0.15, 0.2) is 5.96 Å². The van der Waals surface area contributed by atoms with Crippen molar-refractivity contribution in [2.45, 2.75) is 20.0 Å². The minimum absolute atomic E-state index is 0.697. The van der Waals surface area contributed by atoms with Gasteiger partial charge in [0, 0.05) is 64.0 Å². The van der Waals surface area contributed by atoms with E-state index in [0.29, 0.717) is 6.54 Å². The van der Waals surface area contributed by atoms with Crippen molar-refractivity contribution in [1.29, 1.82) is 0 Å². The number of thiazole rings is 1. The van der Waals surface area contributed by atoms with Gasteiger partial charge in [0.05, 0.1) is 17.2 Å². The van der Waals surface area contributed by atoms with Crippen molar-refractivity contribution in [3.8, 4) is 0 Å². The number of nitrogens with zero attached hydrogens (tertiary/aromatic N) is 6. The summed E-state index contributed by atoms with van der Waals surface area (Å²) in [6.07, 6.45) is 1.88. The zero-order valence-electron chi connectivity index (χ0n) is 16.6. The average molecular weight is 388 g/mol. The van der Waals surface area contributed by atoms with Crippen LogP contribution in [-0.4, -0.2) is 73.0 Å². The summed E-state index contributed by atoms with van der Waals surface area (Å²) < 4.78 is 0. The molecule has 3 rings (SSSR count). The summed E-state index contributed by atoms with van der Waals surface area (Å²) in [6.45, 7) is 7.63. The van der Waals surface area contributed by atoms with Crippen LogP contribution in [0.15, 0.2) is 28.7 Å². The fourth-order valence-electron chi connectivity index (χ4n) is 3.23. The van der Waals surface area contributed by atoms with Crippen molar-refractivity contribution < 1.29 is 0 Å². The van der Waals surface area contributed by atoms with Crippen LogP contribution in [-0.2, 0) is 13.1 Å². The molecular formula is C19H29N7S. The number of aliphatic imine (C=N–C) groups is 1. The first-order valence-electron chi connectivity index (χ1n) is 9.27. The Hall–Kier alpha value is -2.19.